The van der Waals surface area contributed by atoms with Crippen LogP contribution >= 0.6 is 0 Å². The van der Waals surface area contributed by atoms with E-state index in [2.05, 4.69) is 20.3 Å². The molecule has 2 aromatic rings. The number of aryl methyl sites for hydroxylation is 1. The smallest absolute Gasteiger partial charge is 0.325 e. The molecule has 1 amide bonds. The van der Waals surface area contributed by atoms with Crippen LogP contribution in [0.1, 0.15) is 36.3 Å². The van der Waals surface area contributed by atoms with E-state index in [1.165, 1.54) is 0 Å². The summed E-state index contributed by atoms with van der Waals surface area (Å²) in [6, 6.07) is 5.29. The van der Waals surface area contributed by atoms with Crippen LogP contribution in [-0.4, -0.2) is 20.9 Å². The van der Waals surface area contributed by atoms with Crippen LogP contribution in [0, 0.1) is 6.92 Å². The Bertz CT molecular complexity index is 764. The van der Waals surface area contributed by atoms with Crippen molar-refractivity contribution in [1.29, 1.82) is 0 Å². The molecular weight excluding hydrogens is 284 g/mol. The Morgan fingerprint density at radius 3 is 2.73 bits per heavy atom. The Labute approximate surface area is 126 Å². The van der Waals surface area contributed by atoms with E-state index >= 15 is 0 Å². The molecule has 0 saturated carbocycles. The highest BCUT2D eigenvalue weighted by atomic mass is 16.2. The molecule has 0 aliphatic rings. The van der Waals surface area contributed by atoms with E-state index in [0.29, 0.717) is 11.3 Å². The Morgan fingerprint density at radius 1 is 1.32 bits per heavy atom. The summed E-state index contributed by atoms with van der Waals surface area (Å²) in [7, 11) is 0. The monoisotopic (exact) mass is 302 g/mol. The summed E-state index contributed by atoms with van der Waals surface area (Å²) >= 11 is 0. The minimum Gasteiger partial charge on any atom is -0.348 e. The molecule has 0 bridgehead atoms. The van der Waals surface area contributed by atoms with Crippen LogP contribution in [0.15, 0.2) is 34.0 Å². The highest BCUT2D eigenvalue weighted by Crippen LogP contribution is 2.08. The van der Waals surface area contributed by atoms with Gasteiger partial charge in [-0.3, -0.25) is 19.6 Å². The first-order valence-electron chi connectivity index (χ1n) is 6.99. The fourth-order valence-corrected chi connectivity index (χ4v) is 2.19. The molecule has 0 fully saturated rings. The van der Waals surface area contributed by atoms with Gasteiger partial charge in [0.1, 0.15) is 0 Å². The second-order valence-electron chi connectivity index (χ2n) is 5.06. The van der Waals surface area contributed by atoms with Gasteiger partial charge in [0.15, 0.2) is 0 Å². The van der Waals surface area contributed by atoms with E-state index < -0.39 is 11.2 Å². The molecule has 0 saturated heterocycles. The Morgan fingerprint density at radius 2 is 2.09 bits per heavy atom. The predicted molar refractivity (Wildman–Crippen MR) is 81.5 cm³/mol. The molecule has 7 nitrogen and oxygen atoms in total. The summed E-state index contributed by atoms with van der Waals surface area (Å²) in [6.07, 6.45) is 2.09. The van der Waals surface area contributed by atoms with Gasteiger partial charge >= 0.3 is 5.69 Å². The lowest BCUT2D eigenvalue weighted by Crippen LogP contribution is -2.30. The van der Waals surface area contributed by atoms with E-state index in [1.807, 2.05) is 25.1 Å². The fraction of sp³-hybridized carbons (Fsp3) is 0.333. The lowest BCUT2D eigenvalue weighted by Gasteiger charge is -2.13. The maximum Gasteiger partial charge on any atom is 0.325 e. The summed E-state index contributed by atoms with van der Waals surface area (Å²) in [5.41, 5.74) is 0.680. The zero-order valence-corrected chi connectivity index (χ0v) is 12.5. The van der Waals surface area contributed by atoms with Crippen molar-refractivity contribution in [2.75, 3.05) is 0 Å². The number of carbonyl (C=O) groups excluding carboxylic acids is 1. The van der Waals surface area contributed by atoms with Crippen LogP contribution in [0.25, 0.3) is 0 Å². The number of aromatic nitrogens is 3. The lowest BCUT2D eigenvalue weighted by atomic mass is 10.1. The number of pyridine rings is 1. The van der Waals surface area contributed by atoms with Crippen LogP contribution < -0.4 is 16.6 Å². The van der Waals surface area contributed by atoms with Crippen molar-refractivity contribution in [2.24, 2.45) is 0 Å². The van der Waals surface area contributed by atoms with Gasteiger partial charge in [-0.1, -0.05) is 6.07 Å². The van der Waals surface area contributed by atoms with Crippen molar-refractivity contribution >= 4 is 5.91 Å². The van der Waals surface area contributed by atoms with Crippen LogP contribution in [0.5, 0.6) is 0 Å². The van der Waals surface area contributed by atoms with Crippen LogP contribution in [0.2, 0.25) is 0 Å². The number of amides is 1. The van der Waals surface area contributed by atoms with Gasteiger partial charge in [0.25, 0.3) is 5.56 Å². The van der Waals surface area contributed by atoms with Gasteiger partial charge in [-0.25, -0.2) is 4.79 Å². The first kappa shape index (κ1) is 15.7. The maximum absolute atomic E-state index is 12.0. The molecule has 3 N–H and O–H groups in total. The number of hydrogen-bond acceptors (Lipinski definition) is 4. The van der Waals surface area contributed by atoms with Gasteiger partial charge in [-0.05, 0) is 32.4 Å². The lowest BCUT2D eigenvalue weighted by molar-refractivity contribution is -0.121. The molecule has 0 radical (unpaired) electrons. The van der Waals surface area contributed by atoms with Crippen molar-refractivity contribution in [3.63, 3.8) is 0 Å². The van der Waals surface area contributed by atoms with Crippen LogP contribution in [-0.2, 0) is 11.2 Å². The molecule has 2 rings (SSSR count). The Balaban J connectivity index is 1.96. The SMILES string of the molecule is Cc1[nH]c(=O)[nH]c(=O)c1CCC(=O)N[C@H](C)c1ccccn1. The topological polar surface area (TPSA) is 108 Å². The Kier molecular flexibility index (Phi) is 4.88. The third kappa shape index (κ3) is 3.91. The number of rotatable bonds is 5. The largest absolute Gasteiger partial charge is 0.348 e. The first-order valence-corrected chi connectivity index (χ1v) is 6.99. The third-order valence-corrected chi connectivity index (χ3v) is 3.37. The molecule has 0 aliphatic carbocycles. The van der Waals surface area contributed by atoms with Gasteiger partial charge in [0.05, 0.1) is 11.7 Å². The summed E-state index contributed by atoms with van der Waals surface area (Å²) < 4.78 is 0. The van der Waals surface area contributed by atoms with Crippen molar-refractivity contribution < 1.29 is 4.79 Å². The average molecular weight is 302 g/mol. The zero-order valence-electron chi connectivity index (χ0n) is 12.5. The van der Waals surface area contributed by atoms with Gasteiger partial charge in [-0.15, -0.1) is 0 Å². The van der Waals surface area contributed by atoms with Gasteiger partial charge in [-0.2, -0.15) is 0 Å². The van der Waals surface area contributed by atoms with Crippen molar-refractivity contribution in [2.45, 2.75) is 32.7 Å². The first-order chi connectivity index (χ1) is 10.5. The quantitative estimate of drug-likeness (QED) is 0.750. The minimum absolute atomic E-state index is 0.160. The van der Waals surface area contributed by atoms with E-state index in [-0.39, 0.29) is 24.8 Å². The number of nitrogens with one attached hydrogen (secondary N) is 3. The summed E-state index contributed by atoms with van der Waals surface area (Å²) in [4.78, 5) is 43.6. The van der Waals surface area contributed by atoms with Crippen LogP contribution in [0.3, 0.4) is 0 Å². The van der Waals surface area contributed by atoms with E-state index in [9.17, 15) is 14.4 Å². The number of H-pyrrole nitrogens is 2. The molecule has 7 heteroatoms. The molecule has 0 unspecified atom stereocenters. The van der Waals surface area contributed by atoms with E-state index in [4.69, 9.17) is 0 Å². The van der Waals surface area contributed by atoms with Crippen molar-refractivity contribution in [1.82, 2.24) is 20.3 Å². The molecule has 0 aromatic carbocycles. The summed E-state index contributed by atoms with van der Waals surface area (Å²) in [5, 5.41) is 2.83. The zero-order chi connectivity index (χ0) is 16.1. The molecule has 116 valence electrons. The molecule has 2 aromatic heterocycles. The maximum atomic E-state index is 12.0. The number of carbonyl (C=O) groups is 1. The third-order valence-electron chi connectivity index (χ3n) is 3.37. The minimum atomic E-state index is -0.542. The number of nitrogens with zero attached hydrogens (tertiary/aromatic N) is 1. The molecule has 22 heavy (non-hydrogen) atoms. The Hall–Kier alpha value is -2.70. The summed E-state index contributed by atoms with van der Waals surface area (Å²) in [6.45, 7) is 3.48. The second-order valence-corrected chi connectivity index (χ2v) is 5.06. The fourth-order valence-electron chi connectivity index (χ4n) is 2.19. The highest BCUT2D eigenvalue weighted by Gasteiger charge is 2.12. The van der Waals surface area contributed by atoms with Crippen LogP contribution in [0.4, 0.5) is 0 Å². The molecule has 0 aliphatic heterocycles. The molecule has 0 spiro atoms. The van der Waals surface area contributed by atoms with Crippen molar-refractivity contribution in [3.05, 3.63) is 62.2 Å². The highest BCUT2D eigenvalue weighted by molar-refractivity contribution is 5.76. The van der Waals surface area contributed by atoms with E-state index in [0.717, 1.165) is 5.69 Å². The summed E-state index contributed by atoms with van der Waals surface area (Å²) in [5.74, 6) is -0.178. The molecule has 2 heterocycles. The predicted octanol–water partition coefficient (Wildman–Crippen LogP) is 0.577. The number of aromatic amines is 2. The van der Waals surface area contributed by atoms with Gasteiger partial charge in [0, 0.05) is 23.9 Å². The average Bonchev–Trinajstić information content (AvgIpc) is 2.47. The van der Waals surface area contributed by atoms with Gasteiger partial charge < -0.3 is 10.3 Å². The molecular formula is C15H18N4O3. The van der Waals surface area contributed by atoms with E-state index in [1.54, 1.807) is 13.1 Å². The second kappa shape index (κ2) is 6.84. The number of hydrogen-bond donors (Lipinski definition) is 3. The van der Waals surface area contributed by atoms with Gasteiger partial charge in [0.2, 0.25) is 5.91 Å². The molecule has 1 atom stereocenters. The van der Waals surface area contributed by atoms with Crippen molar-refractivity contribution in [3.8, 4) is 0 Å². The normalized spacial score (nSPS) is 11.9. The standard InChI is InChI=1S/C15H18N4O3/c1-9-11(14(21)19-15(22)18-9)6-7-13(20)17-10(2)12-5-3-4-8-16-12/h3-5,8,10H,6-7H2,1-2H3,(H,17,20)(H2,18,19,21,22)/t10-/m1/s1.